The lowest BCUT2D eigenvalue weighted by Gasteiger charge is -2.26. The highest BCUT2D eigenvalue weighted by Crippen LogP contribution is 2.15. The third-order valence-corrected chi connectivity index (χ3v) is 4.82. The number of amides is 1. The highest BCUT2D eigenvalue weighted by Gasteiger charge is 2.29. The van der Waals surface area contributed by atoms with E-state index in [2.05, 4.69) is 40.8 Å². The molecule has 0 spiro atoms. The number of hydrogen-bond donors (Lipinski definition) is 1. The molecule has 1 aliphatic heterocycles. The van der Waals surface area contributed by atoms with E-state index < -0.39 is 0 Å². The molecule has 1 aliphatic rings. The van der Waals surface area contributed by atoms with E-state index in [9.17, 15) is 4.79 Å². The minimum atomic E-state index is -0.0188. The Hall–Kier alpha value is -2.18. The van der Waals surface area contributed by atoms with Crippen LogP contribution in [0.4, 0.5) is 0 Å². The maximum atomic E-state index is 12.8. The summed E-state index contributed by atoms with van der Waals surface area (Å²) in [6.07, 6.45) is 1.69. The summed E-state index contributed by atoms with van der Waals surface area (Å²) in [5.41, 5.74) is 3.19. The van der Waals surface area contributed by atoms with Crippen LogP contribution in [0.1, 0.15) is 30.8 Å². The van der Waals surface area contributed by atoms with Crippen LogP contribution in [-0.2, 0) is 22.7 Å². The second kappa shape index (κ2) is 9.15. The van der Waals surface area contributed by atoms with E-state index in [-0.39, 0.29) is 12.0 Å². The molecule has 6 nitrogen and oxygen atoms in total. The van der Waals surface area contributed by atoms with Crippen LogP contribution in [0.3, 0.4) is 0 Å². The van der Waals surface area contributed by atoms with Crippen molar-refractivity contribution in [3.05, 3.63) is 53.6 Å². The summed E-state index contributed by atoms with van der Waals surface area (Å²) in [6.45, 7) is 10.0. The van der Waals surface area contributed by atoms with E-state index in [1.165, 1.54) is 0 Å². The number of aromatic amines is 1. The number of aryl methyl sites for hydroxylation is 1. The van der Waals surface area contributed by atoms with Gasteiger partial charge in [-0.25, -0.2) is 4.98 Å². The molecule has 6 heteroatoms. The molecule has 1 N–H and O–H groups in total. The van der Waals surface area contributed by atoms with E-state index in [4.69, 9.17) is 4.74 Å². The standard InChI is InChI=1S/C21H30N4O2/c1-16(2)9-25-11-19(27-14-18-7-5-4-6-8-18)10-24(13-21(25)26)12-20-17(3)22-15-23-20/h4-8,15-16,19H,9-14H2,1-3H3,(H,22,23). The molecule has 1 unspecified atom stereocenters. The number of nitrogens with one attached hydrogen (secondary N) is 1. The van der Waals surface area contributed by atoms with Gasteiger partial charge < -0.3 is 14.6 Å². The van der Waals surface area contributed by atoms with Gasteiger partial charge >= 0.3 is 0 Å². The topological polar surface area (TPSA) is 61.5 Å². The van der Waals surface area contributed by atoms with Crippen molar-refractivity contribution in [2.75, 3.05) is 26.2 Å². The number of carbonyl (C=O) groups is 1. The molecule has 0 bridgehead atoms. The molecule has 1 saturated heterocycles. The highest BCUT2D eigenvalue weighted by molar-refractivity contribution is 5.78. The number of imidazole rings is 1. The van der Waals surface area contributed by atoms with Crippen LogP contribution < -0.4 is 0 Å². The first-order valence-electron chi connectivity index (χ1n) is 9.65. The van der Waals surface area contributed by atoms with Crippen molar-refractivity contribution in [1.82, 2.24) is 19.8 Å². The zero-order chi connectivity index (χ0) is 19.2. The van der Waals surface area contributed by atoms with Gasteiger partial charge in [-0.15, -0.1) is 0 Å². The van der Waals surface area contributed by atoms with Crippen molar-refractivity contribution < 1.29 is 9.53 Å². The Kier molecular flexibility index (Phi) is 6.63. The molecular weight excluding hydrogens is 340 g/mol. The van der Waals surface area contributed by atoms with E-state index in [1.807, 2.05) is 30.0 Å². The fourth-order valence-corrected chi connectivity index (χ4v) is 3.44. The first-order valence-corrected chi connectivity index (χ1v) is 9.65. The van der Waals surface area contributed by atoms with Crippen molar-refractivity contribution in [2.24, 2.45) is 5.92 Å². The molecule has 1 atom stereocenters. The summed E-state index contributed by atoms with van der Waals surface area (Å²) >= 11 is 0. The van der Waals surface area contributed by atoms with Crippen LogP contribution in [0.15, 0.2) is 36.7 Å². The molecule has 2 heterocycles. The summed E-state index contributed by atoms with van der Waals surface area (Å²) in [5.74, 6) is 0.603. The summed E-state index contributed by atoms with van der Waals surface area (Å²) < 4.78 is 6.23. The molecule has 27 heavy (non-hydrogen) atoms. The molecular formula is C21H30N4O2. The third kappa shape index (κ3) is 5.65. The molecule has 1 aromatic carbocycles. The first-order chi connectivity index (χ1) is 13.0. The van der Waals surface area contributed by atoms with Gasteiger partial charge in [0.15, 0.2) is 0 Å². The number of H-pyrrole nitrogens is 1. The van der Waals surface area contributed by atoms with Gasteiger partial charge in [0.05, 0.1) is 31.3 Å². The maximum Gasteiger partial charge on any atom is 0.236 e. The highest BCUT2D eigenvalue weighted by atomic mass is 16.5. The smallest absolute Gasteiger partial charge is 0.236 e. The van der Waals surface area contributed by atoms with Gasteiger partial charge in [0.25, 0.3) is 0 Å². The Labute approximate surface area is 161 Å². The van der Waals surface area contributed by atoms with E-state index >= 15 is 0 Å². The fourth-order valence-electron chi connectivity index (χ4n) is 3.44. The third-order valence-electron chi connectivity index (χ3n) is 4.82. The van der Waals surface area contributed by atoms with Crippen LogP contribution in [0, 0.1) is 12.8 Å². The number of rotatable bonds is 7. The van der Waals surface area contributed by atoms with Crippen molar-refractivity contribution in [3.63, 3.8) is 0 Å². The van der Waals surface area contributed by atoms with Gasteiger partial charge in [0.2, 0.25) is 5.91 Å². The number of hydrogen-bond acceptors (Lipinski definition) is 4. The van der Waals surface area contributed by atoms with Crippen molar-refractivity contribution in [1.29, 1.82) is 0 Å². The predicted molar refractivity (Wildman–Crippen MR) is 105 cm³/mol. The van der Waals surface area contributed by atoms with Gasteiger partial charge in [-0.05, 0) is 18.4 Å². The van der Waals surface area contributed by atoms with Gasteiger partial charge in [-0.1, -0.05) is 44.2 Å². The Morgan fingerprint density at radius 2 is 2.04 bits per heavy atom. The van der Waals surface area contributed by atoms with Gasteiger partial charge in [0, 0.05) is 31.9 Å². The Balaban J connectivity index is 1.70. The van der Waals surface area contributed by atoms with E-state index in [0.29, 0.717) is 32.2 Å². The van der Waals surface area contributed by atoms with Gasteiger partial charge in [-0.2, -0.15) is 0 Å². The summed E-state index contributed by atoms with van der Waals surface area (Å²) in [5, 5.41) is 0. The Morgan fingerprint density at radius 1 is 1.26 bits per heavy atom. The lowest BCUT2D eigenvalue weighted by atomic mass is 10.2. The molecule has 1 aromatic heterocycles. The molecule has 1 fully saturated rings. The quantitative estimate of drug-likeness (QED) is 0.814. The van der Waals surface area contributed by atoms with Crippen molar-refractivity contribution in [3.8, 4) is 0 Å². The largest absolute Gasteiger partial charge is 0.370 e. The molecule has 146 valence electrons. The summed E-state index contributed by atoms with van der Waals surface area (Å²) in [6, 6.07) is 10.2. The zero-order valence-electron chi connectivity index (χ0n) is 16.5. The Morgan fingerprint density at radius 3 is 2.70 bits per heavy atom. The zero-order valence-corrected chi connectivity index (χ0v) is 16.5. The van der Waals surface area contributed by atoms with Gasteiger partial charge in [0.1, 0.15) is 0 Å². The molecule has 0 saturated carbocycles. The summed E-state index contributed by atoms with van der Waals surface area (Å²) in [4.78, 5) is 24.4. The number of ether oxygens (including phenoxy) is 1. The number of benzene rings is 1. The monoisotopic (exact) mass is 370 g/mol. The van der Waals surface area contributed by atoms with Crippen molar-refractivity contribution >= 4 is 5.91 Å². The van der Waals surface area contributed by atoms with E-state index in [1.54, 1.807) is 6.33 Å². The fraction of sp³-hybridized carbons (Fsp3) is 0.524. The second-order valence-electron chi connectivity index (χ2n) is 7.76. The number of aromatic nitrogens is 2. The van der Waals surface area contributed by atoms with Gasteiger partial charge in [-0.3, -0.25) is 9.69 Å². The minimum Gasteiger partial charge on any atom is -0.370 e. The molecule has 0 radical (unpaired) electrons. The Bertz CT molecular complexity index is 729. The first kappa shape index (κ1) is 19.6. The van der Waals surface area contributed by atoms with Crippen LogP contribution in [0.2, 0.25) is 0 Å². The summed E-state index contributed by atoms with van der Waals surface area (Å²) in [7, 11) is 0. The maximum absolute atomic E-state index is 12.8. The molecule has 2 aromatic rings. The lowest BCUT2D eigenvalue weighted by molar-refractivity contribution is -0.132. The van der Waals surface area contributed by atoms with Crippen LogP contribution >= 0.6 is 0 Å². The average molecular weight is 370 g/mol. The average Bonchev–Trinajstić information content (AvgIpc) is 2.97. The number of nitrogens with zero attached hydrogens (tertiary/aromatic N) is 3. The lowest BCUT2D eigenvalue weighted by Crippen LogP contribution is -2.40. The second-order valence-corrected chi connectivity index (χ2v) is 7.76. The SMILES string of the molecule is Cc1[nH]cnc1CN1CC(=O)N(CC(C)C)CC(OCc2ccccc2)C1. The molecule has 3 rings (SSSR count). The van der Waals surface area contributed by atoms with Crippen LogP contribution in [0.25, 0.3) is 0 Å². The van der Waals surface area contributed by atoms with Crippen molar-refractivity contribution in [2.45, 2.75) is 40.0 Å². The number of carbonyl (C=O) groups excluding carboxylic acids is 1. The van der Waals surface area contributed by atoms with Crippen LogP contribution in [-0.4, -0.2) is 58.0 Å². The minimum absolute atomic E-state index is 0.0188. The predicted octanol–water partition coefficient (Wildman–Crippen LogP) is 2.60. The molecule has 0 aliphatic carbocycles. The van der Waals surface area contributed by atoms with E-state index in [0.717, 1.165) is 30.0 Å². The molecule has 1 amide bonds. The normalized spacial score (nSPS) is 18.9. The van der Waals surface area contributed by atoms with Crippen LogP contribution in [0.5, 0.6) is 0 Å².